The molecule has 3 nitrogen and oxygen atoms in total. The van der Waals surface area contributed by atoms with Gasteiger partial charge in [0.2, 0.25) is 0 Å². The van der Waals surface area contributed by atoms with Crippen molar-refractivity contribution in [3.05, 3.63) is 0 Å². The lowest BCUT2D eigenvalue weighted by molar-refractivity contribution is -0.456. The molecule has 0 bridgehead atoms. The van der Waals surface area contributed by atoms with Gasteiger partial charge in [-0.05, 0) is 6.92 Å². The van der Waals surface area contributed by atoms with Gasteiger partial charge in [0.25, 0.3) is 10.1 Å². The first-order valence-corrected chi connectivity index (χ1v) is 6.98. The van der Waals surface area contributed by atoms with Gasteiger partial charge in [-0.2, -0.15) is 69.7 Å². The summed E-state index contributed by atoms with van der Waals surface area (Å²) < 4.78 is 187. The molecule has 0 fully saturated rings. The van der Waals surface area contributed by atoms with Crippen LogP contribution in [0.2, 0.25) is 0 Å². The normalized spacial score (nSPS) is 16.2. The molecule has 0 aromatic heterocycles. The Morgan fingerprint density at radius 1 is 0.640 bits per heavy atom. The molecule has 17 heteroatoms. The van der Waals surface area contributed by atoms with E-state index in [9.17, 15) is 65.5 Å². The van der Waals surface area contributed by atoms with E-state index in [1.54, 1.807) is 0 Å². The Hall–Kier alpha value is -1.00. The molecule has 0 aliphatic carbocycles. The van der Waals surface area contributed by atoms with Crippen molar-refractivity contribution < 1.29 is 69.7 Å². The van der Waals surface area contributed by atoms with E-state index in [0.29, 0.717) is 6.92 Å². The highest BCUT2D eigenvalue weighted by atomic mass is 32.2. The fourth-order valence-electron chi connectivity index (χ4n) is 1.03. The van der Waals surface area contributed by atoms with Crippen LogP contribution in [0.3, 0.4) is 0 Å². The van der Waals surface area contributed by atoms with Gasteiger partial charge in [0.05, 0.1) is 5.75 Å². The summed E-state index contributed by atoms with van der Waals surface area (Å²) in [5, 5.41) is 0. The fraction of sp³-hybridized carbons (Fsp3) is 1.00. The molecule has 0 amide bonds. The maximum Gasteiger partial charge on any atom is 0.460 e. The highest BCUT2D eigenvalue weighted by Gasteiger charge is 2.91. The Balaban J connectivity index is 6.30. The van der Waals surface area contributed by atoms with E-state index >= 15 is 0 Å². The third kappa shape index (κ3) is 3.61. The molecule has 25 heavy (non-hydrogen) atoms. The summed E-state index contributed by atoms with van der Waals surface area (Å²) >= 11 is 0. The van der Waals surface area contributed by atoms with Gasteiger partial charge in [0.15, 0.2) is 0 Å². The number of alkyl halides is 13. The predicted octanol–water partition coefficient (Wildman–Crippen LogP) is 4.05. The summed E-state index contributed by atoms with van der Waals surface area (Å²) in [7, 11) is -5.75. The van der Waals surface area contributed by atoms with E-state index in [1.807, 2.05) is 0 Å². The second-order valence-electron chi connectivity index (χ2n) is 4.24. The maximum atomic E-state index is 13.0. The molecule has 0 aliphatic rings. The number of rotatable bonds is 7. The van der Waals surface area contributed by atoms with Crippen molar-refractivity contribution in [2.45, 2.75) is 42.9 Å². The van der Waals surface area contributed by atoms with Crippen LogP contribution in [0.4, 0.5) is 57.1 Å². The van der Waals surface area contributed by atoms with E-state index in [1.165, 1.54) is 0 Å². The third-order valence-electron chi connectivity index (χ3n) is 2.49. The second kappa shape index (κ2) is 6.02. The average molecular weight is 428 g/mol. The Labute approximate surface area is 129 Å². The van der Waals surface area contributed by atoms with Crippen LogP contribution in [0, 0.1) is 0 Å². The van der Waals surface area contributed by atoms with E-state index in [0.717, 1.165) is 0 Å². The summed E-state index contributed by atoms with van der Waals surface area (Å²) in [6.45, 7) is 0.439. The smallest absolute Gasteiger partial charge is 0.199 e. The number of hydrogen-bond donors (Lipinski definition) is 0. The summed E-state index contributed by atoms with van der Waals surface area (Å²) in [5.41, 5.74) is 0. The molecule has 0 saturated heterocycles. The molecule has 0 saturated carbocycles. The van der Waals surface area contributed by atoms with Crippen molar-refractivity contribution in [3.63, 3.8) is 0 Å². The molecule has 0 radical (unpaired) electrons. The molecule has 0 aromatic rings. The molecule has 0 heterocycles. The number of hydrogen-bond acceptors (Lipinski definition) is 3. The highest BCUT2D eigenvalue weighted by Crippen LogP contribution is 2.60. The molecule has 0 rings (SSSR count). The van der Waals surface area contributed by atoms with Crippen molar-refractivity contribution >= 4 is 10.1 Å². The minimum atomic E-state index is -8.11. The molecular formula is C8H5F13O3S. The van der Waals surface area contributed by atoms with Crippen LogP contribution in [0.15, 0.2) is 0 Å². The van der Waals surface area contributed by atoms with Gasteiger partial charge in [0, 0.05) is 0 Å². The van der Waals surface area contributed by atoms with Crippen molar-refractivity contribution in [2.75, 3.05) is 5.75 Å². The zero-order valence-corrected chi connectivity index (χ0v) is 12.1. The van der Waals surface area contributed by atoms with Gasteiger partial charge in [-0.3, -0.25) is 0 Å². The Morgan fingerprint density at radius 3 is 1.24 bits per heavy atom. The number of halogens is 13. The summed E-state index contributed by atoms with van der Waals surface area (Å²) in [4.78, 5) is 0. The molecule has 152 valence electrons. The molecule has 0 unspecified atom stereocenters. The van der Waals surface area contributed by atoms with Crippen LogP contribution >= 0.6 is 0 Å². The minimum Gasteiger partial charge on any atom is -0.199 e. The second-order valence-corrected chi connectivity index (χ2v) is 6.10. The average Bonchev–Trinajstić information content (AvgIpc) is 2.35. The lowest BCUT2D eigenvalue weighted by Gasteiger charge is -2.38. The van der Waals surface area contributed by atoms with Crippen LogP contribution in [-0.4, -0.2) is 50.1 Å². The first kappa shape index (κ1) is 24.0. The third-order valence-corrected chi connectivity index (χ3v) is 3.66. The SMILES string of the molecule is CCS(=O)(=O)OC(F)(F)C(F)(F)C(F)(F)C(F)(F)C(F)(F)C(F)(F)F. The van der Waals surface area contributed by atoms with Gasteiger partial charge in [-0.1, -0.05) is 0 Å². The van der Waals surface area contributed by atoms with Crippen molar-refractivity contribution in [1.29, 1.82) is 0 Å². The van der Waals surface area contributed by atoms with Crippen LogP contribution in [0.25, 0.3) is 0 Å². The molecule has 0 aliphatic heterocycles. The molecule has 0 N–H and O–H groups in total. The zero-order chi connectivity index (χ0) is 20.9. The van der Waals surface area contributed by atoms with Crippen molar-refractivity contribution in [3.8, 4) is 0 Å². The minimum absolute atomic E-state index is 0.439. The zero-order valence-electron chi connectivity index (χ0n) is 11.3. The van der Waals surface area contributed by atoms with E-state index in [-0.39, 0.29) is 0 Å². The van der Waals surface area contributed by atoms with Crippen molar-refractivity contribution in [2.24, 2.45) is 0 Å². The first-order valence-electron chi connectivity index (χ1n) is 5.41. The fourth-order valence-corrected chi connectivity index (χ4v) is 1.57. The Morgan fingerprint density at radius 2 is 0.960 bits per heavy atom. The van der Waals surface area contributed by atoms with E-state index in [4.69, 9.17) is 0 Å². The van der Waals surface area contributed by atoms with Gasteiger partial charge in [-0.25, -0.2) is 0 Å². The monoisotopic (exact) mass is 428 g/mol. The topological polar surface area (TPSA) is 43.4 Å². The standard InChI is InChI=1S/C8H5F13O3S/c1-2-25(22,23)24-8(20,21)6(15,16)4(11,12)3(9,10)5(13,14)7(17,18)19/h2H2,1H3. The van der Waals surface area contributed by atoms with E-state index in [2.05, 4.69) is 4.18 Å². The highest BCUT2D eigenvalue weighted by molar-refractivity contribution is 7.86. The summed E-state index contributed by atoms with van der Waals surface area (Å²) in [6, 6.07) is 0. The van der Waals surface area contributed by atoms with Gasteiger partial charge < -0.3 is 0 Å². The van der Waals surface area contributed by atoms with Gasteiger partial charge >= 0.3 is 36.0 Å². The predicted molar refractivity (Wildman–Crippen MR) is 51.3 cm³/mol. The van der Waals surface area contributed by atoms with E-state index < -0.39 is 51.8 Å². The van der Waals surface area contributed by atoms with Crippen LogP contribution in [-0.2, 0) is 14.3 Å². The first-order chi connectivity index (χ1) is 10.5. The van der Waals surface area contributed by atoms with Crippen molar-refractivity contribution in [1.82, 2.24) is 0 Å². The molecule has 0 aromatic carbocycles. The summed E-state index contributed by atoms with van der Waals surface area (Å²) in [6.07, 6.45) is -14.6. The lowest BCUT2D eigenvalue weighted by Crippen LogP contribution is -2.70. The molecule has 0 atom stereocenters. The Bertz CT molecular complexity index is 591. The Kier molecular flexibility index (Phi) is 5.78. The van der Waals surface area contributed by atoms with Gasteiger partial charge in [0.1, 0.15) is 0 Å². The quantitative estimate of drug-likeness (QED) is 0.454. The molecule has 0 spiro atoms. The largest absolute Gasteiger partial charge is 0.460 e. The van der Waals surface area contributed by atoms with Crippen LogP contribution in [0.1, 0.15) is 6.92 Å². The van der Waals surface area contributed by atoms with Crippen LogP contribution < -0.4 is 0 Å². The van der Waals surface area contributed by atoms with Gasteiger partial charge in [-0.15, -0.1) is 0 Å². The lowest BCUT2D eigenvalue weighted by atomic mass is 9.97. The summed E-state index contributed by atoms with van der Waals surface area (Å²) in [5.74, 6) is -33.5. The van der Waals surface area contributed by atoms with Crippen LogP contribution in [0.5, 0.6) is 0 Å². The molecular weight excluding hydrogens is 423 g/mol. The maximum absolute atomic E-state index is 13.0.